The Bertz CT molecular complexity index is 1070. The summed E-state index contributed by atoms with van der Waals surface area (Å²) < 4.78 is 30.0. The summed E-state index contributed by atoms with van der Waals surface area (Å²) in [5.74, 6) is -0.901. The van der Waals surface area contributed by atoms with E-state index in [-0.39, 0.29) is 28.6 Å². The van der Waals surface area contributed by atoms with Crippen LogP contribution in [0.4, 0.5) is 8.78 Å². The number of benzene rings is 1. The minimum absolute atomic E-state index is 0.0677. The first-order valence-corrected chi connectivity index (χ1v) is 10.8. The van der Waals surface area contributed by atoms with Gasteiger partial charge in [0, 0.05) is 30.4 Å². The van der Waals surface area contributed by atoms with E-state index in [9.17, 15) is 9.18 Å². The second-order valence-electron chi connectivity index (χ2n) is 7.65. The maximum absolute atomic E-state index is 15.2. The van der Waals surface area contributed by atoms with Crippen LogP contribution in [0.1, 0.15) is 49.0 Å². The van der Waals surface area contributed by atoms with Crippen molar-refractivity contribution in [1.29, 1.82) is 0 Å². The van der Waals surface area contributed by atoms with Crippen LogP contribution in [0.2, 0.25) is 0 Å². The van der Waals surface area contributed by atoms with Crippen LogP contribution in [0.15, 0.2) is 47.5 Å². The van der Waals surface area contributed by atoms with Crippen molar-refractivity contribution >= 4 is 28.2 Å². The molecule has 1 amide bonds. The Balaban J connectivity index is 1.93. The van der Waals surface area contributed by atoms with E-state index in [0.717, 1.165) is 25.9 Å². The number of nitrogens with one attached hydrogen (secondary N) is 3. The number of amides is 1. The van der Waals surface area contributed by atoms with E-state index in [0.29, 0.717) is 23.2 Å². The molecule has 2 aromatic rings. The van der Waals surface area contributed by atoms with Gasteiger partial charge < -0.3 is 16.0 Å². The fourth-order valence-corrected chi connectivity index (χ4v) is 3.75. The number of pyridine rings is 1. The summed E-state index contributed by atoms with van der Waals surface area (Å²) in [5.41, 5.74) is 0.917. The first kappa shape index (κ1) is 23.5. The fourth-order valence-electron chi connectivity index (χ4n) is 3.75. The molecule has 0 aliphatic carbocycles. The van der Waals surface area contributed by atoms with Crippen molar-refractivity contribution in [3.63, 3.8) is 0 Å². The molecule has 1 aromatic carbocycles. The summed E-state index contributed by atoms with van der Waals surface area (Å²) in [6.45, 7) is 5.52. The molecule has 3 N–H and O–H groups in total. The van der Waals surface area contributed by atoms with Gasteiger partial charge in [-0.15, -0.1) is 0 Å². The SMILES string of the molecule is CC/C=C(/C(F)=C\NC(C)=NC1CCNCC1)c1cc(F)c2nccc(C(=O)NC)c2c1. The maximum Gasteiger partial charge on any atom is 0.251 e. The van der Waals surface area contributed by atoms with Crippen LogP contribution >= 0.6 is 0 Å². The molecule has 8 heteroatoms. The van der Waals surface area contributed by atoms with Gasteiger partial charge in [0.2, 0.25) is 0 Å². The van der Waals surface area contributed by atoms with Gasteiger partial charge in [0.15, 0.2) is 0 Å². The zero-order valence-electron chi connectivity index (χ0n) is 18.6. The molecular weight excluding hydrogens is 412 g/mol. The number of rotatable bonds is 6. The van der Waals surface area contributed by atoms with E-state index < -0.39 is 11.6 Å². The van der Waals surface area contributed by atoms with Gasteiger partial charge >= 0.3 is 0 Å². The lowest BCUT2D eigenvalue weighted by atomic mass is 9.98. The summed E-state index contributed by atoms with van der Waals surface area (Å²) in [4.78, 5) is 20.9. The van der Waals surface area contributed by atoms with Crippen molar-refractivity contribution in [3.05, 3.63) is 59.4 Å². The average molecular weight is 442 g/mol. The van der Waals surface area contributed by atoms with E-state index >= 15 is 4.39 Å². The molecule has 0 saturated carbocycles. The molecule has 32 heavy (non-hydrogen) atoms. The average Bonchev–Trinajstić information content (AvgIpc) is 2.80. The molecule has 3 rings (SSSR count). The summed E-state index contributed by atoms with van der Waals surface area (Å²) >= 11 is 0. The van der Waals surface area contributed by atoms with Crippen LogP contribution in [-0.2, 0) is 0 Å². The lowest BCUT2D eigenvalue weighted by molar-refractivity contribution is 0.0964. The molecule has 170 valence electrons. The van der Waals surface area contributed by atoms with E-state index in [4.69, 9.17) is 0 Å². The Labute approximate surface area is 186 Å². The third kappa shape index (κ3) is 5.56. The predicted molar refractivity (Wildman–Crippen MR) is 125 cm³/mol. The van der Waals surface area contributed by atoms with E-state index in [2.05, 4.69) is 25.9 Å². The molecule has 0 bridgehead atoms. The van der Waals surface area contributed by atoms with Crippen molar-refractivity contribution in [1.82, 2.24) is 20.9 Å². The highest BCUT2D eigenvalue weighted by atomic mass is 19.1. The number of nitrogens with zero attached hydrogens (tertiary/aromatic N) is 2. The molecule has 2 heterocycles. The number of carbonyl (C=O) groups excluding carboxylic acids is 1. The number of piperidine rings is 1. The fraction of sp³-hybridized carbons (Fsp3) is 0.375. The minimum Gasteiger partial charge on any atom is -0.355 e. The maximum atomic E-state index is 15.2. The van der Waals surface area contributed by atoms with Gasteiger partial charge in [-0.25, -0.2) is 8.78 Å². The summed E-state index contributed by atoms with van der Waals surface area (Å²) in [5, 5.41) is 9.06. The van der Waals surface area contributed by atoms with Crippen LogP contribution in [0.5, 0.6) is 0 Å². The zero-order valence-corrected chi connectivity index (χ0v) is 18.6. The molecule has 6 nitrogen and oxygen atoms in total. The molecule has 1 aliphatic heterocycles. The summed E-state index contributed by atoms with van der Waals surface area (Å²) in [7, 11) is 1.50. The number of aliphatic imine (C=N–C) groups is 1. The Morgan fingerprint density at radius 2 is 2.09 bits per heavy atom. The Morgan fingerprint density at radius 3 is 2.78 bits per heavy atom. The largest absolute Gasteiger partial charge is 0.355 e. The smallest absolute Gasteiger partial charge is 0.251 e. The van der Waals surface area contributed by atoms with E-state index in [1.165, 1.54) is 31.6 Å². The van der Waals surface area contributed by atoms with Crippen LogP contribution in [-0.4, -0.2) is 42.9 Å². The van der Waals surface area contributed by atoms with Gasteiger partial charge in [-0.1, -0.05) is 13.0 Å². The van der Waals surface area contributed by atoms with Crippen LogP contribution in [0.25, 0.3) is 16.5 Å². The molecule has 0 spiro atoms. The van der Waals surface area contributed by atoms with Crippen molar-refractivity contribution in [2.45, 2.75) is 39.2 Å². The number of aromatic nitrogens is 1. The molecule has 1 aliphatic rings. The number of allylic oxidation sites excluding steroid dienone is 3. The monoisotopic (exact) mass is 441 g/mol. The molecular formula is C24H29F2N5O. The first-order valence-electron chi connectivity index (χ1n) is 10.8. The standard InChI is InChI=1S/C24H29F2N5O/c1-4-5-18(22(26)14-30-15(2)31-17-6-9-28-10-7-17)16-12-20-19(24(32)27-3)8-11-29-23(20)21(25)13-16/h5,8,11-14,17,28H,4,6-7,9-10H2,1-3H3,(H,27,32)(H,30,31)/b18-5+,22-14+. The van der Waals surface area contributed by atoms with Crippen molar-refractivity contribution in [2.24, 2.45) is 4.99 Å². The van der Waals surface area contributed by atoms with E-state index in [1.54, 1.807) is 19.1 Å². The Morgan fingerprint density at radius 1 is 1.34 bits per heavy atom. The number of amidine groups is 1. The summed E-state index contributed by atoms with van der Waals surface area (Å²) in [6.07, 6.45) is 6.76. The minimum atomic E-state index is -0.616. The molecule has 0 atom stereocenters. The Hall–Kier alpha value is -3.13. The first-order chi connectivity index (χ1) is 15.4. The van der Waals surface area contributed by atoms with Crippen molar-refractivity contribution in [3.8, 4) is 0 Å². The number of hydrogen-bond acceptors (Lipinski definition) is 4. The third-order valence-electron chi connectivity index (χ3n) is 5.34. The number of halogens is 2. The normalized spacial score (nSPS) is 16.3. The number of hydrogen-bond donors (Lipinski definition) is 3. The summed E-state index contributed by atoms with van der Waals surface area (Å²) in [6, 6.07) is 4.58. The lowest BCUT2D eigenvalue weighted by Gasteiger charge is -2.19. The van der Waals surface area contributed by atoms with Crippen LogP contribution < -0.4 is 16.0 Å². The Kier molecular flexibility index (Phi) is 8.05. The number of carbonyl (C=O) groups is 1. The second-order valence-corrected chi connectivity index (χ2v) is 7.65. The van der Waals surface area contributed by atoms with Gasteiger partial charge in [0.25, 0.3) is 5.91 Å². The highest BCUT2D eigenvalue weighted by molar-refractivity contribution is 6.06. The molecule has 1 aromatic heterocycles. The molecule has 0 radical (unpaired) electrons. The molecule has 0 unspecified atom stereocenters. The van der Waals surface area contributed by atoms with Gasteiger partial charge in [-0.2, -0.15) is 0 Å². The number of fused-ring (bicyclic) bond motifs is 1. The quantitative estimate of drug-likeness (QED) is 0.358. The van der Waals surface area contributed by atoms with Crippen LogP contribution in [0.3, 0.4) is 0 Å². The van der Waals surface area contributed by atoms with Gasteiger partial charge in [-0.05, 0) is 63.0 Å². The van der Waals surface area contributed by atoms with Crippen molar-refractivity contribution in [2.75, 3.05) is 20.1 Å². The molecule has 1 fully saturated rings. The van der Waals surface area contributed by atoms with Crippen molar-refractivity contribution < 1.29 is 13.6 Å². The van der Waals surface area contributed by atoms with Gasteiger partial charge in [0.05, 0.1) is 17.4 Å². The topological polar surface area (TPSA) is 78.4 Å². The highest BCUT2D eigenvalue weighted by Gasteiger charge is 2.17. The molecule has 1 saturated heterocycles. The predicted octanol–water partition coefficient (Wildman–Crippen LogP) is 4.10. The van der Waals surface area contributed by atoms with Gasteiger partial charge in [0.1, 0.15) is 17.2 Å². The van der Waals surface area contributed by atoms with E-state index in [1.807, 2.05) is 6.92 Å². The highest BCUT2D eigenvalue weighted by Crippen LogP contribution is 2.30. The van der Waals surface area contributed by atoms with Gasteiger partial charge in [-0.3, -0.25) is 14.8 Å². The zero-order chi connectivity index (χ0) is 23.1. The second kappa shape index (κ2) is 10.9. The van der Waals surface area contributed by atoms with Crippen LogP contribution in [0, 0.1) is 5.82 Å². The third-order valence-corrected chi connectivity index (χ3v) is 5.34. The lowest BCUT2D eigenvalue weighted by Crippen LogP contribution is -2.31.